The summed E-state index contributed by atoms with van der Waals surface area (Å²) in [7, 11) is -3.37. The van der Waals surface area contributed by atoms with Crippen molar-refractivity contribution in [1.29, 1.82) is 0 Å². The van der Waals surface area contributed by atoms with Gasteiger partial charge in [-0.25, -0.2) is 4.72 Å². The highest BCUT2D eigenvalue weighted by atomic mass is 32.2. The van der Waals surface area contributed by atoms with Crippen LogP contribution < -0.4 is 4.72 Å². The molecule has 1 heterocycles. The first-order valence-corrected chi connectivity index (χ1v) is 9.50. The van der Waals surface area contributed by atoms with Gasteiger partial charge in [-0.1, -0.05) is 34.1 Å². The van der Waals surface area contributed by atoms with E-state index in [0.29, 0.717) is 32.0 Å². The number of rotatable bonds is 7. The van der Waals surface area contributed by atoms with E-state index in [0.717, 1.165) is 19.3 Å². The molecule has 5 nitrogen and oxygen atoms in total. The van der Waals surface area contributed by atoms with E-state index < -0.39 is 10.2 Å². The van der Waals surface area contributed by atoms with Gasteiger partial charge in [0, 0.05) is 26.2 Å². The van der Waals surface area contributed by atoms with Gasteiger partial charge in [0.2, 0.25) is 0 Å². The average Bonchev–Trinajstić information content (AvgIpc) is 2.42. The predicted octanol–water partition coefficient (Wildman–Crippen LogP) is 1.99. The van der Waals surface area contributed by atoms with Crippen LogP contribution in [0, 0.1) is 17.3 Å². The molecule has 0 saturated carbocycles. The molecule has 1 saturated heterocycles. The monoisotopic (exact) mass is 320 g/mol. The highest BCUT2D eigenvalue weighted by Crippen LogP contribution is 2.34. The lowest BCUT2D eigenvalue weighted by atomic mass is 9.76. The molecule has 0 amide bonds. The first kappa shape index (κ1) is 18.9. The molecule has 0 radical (unpaired) electrons. The summed E-state index contributed by atoms with van der Waals surface area (Å²) in [5.41, 5.74) is 0.248. The summed E-state index contributed by atoms with van der Waals surface area (Å²) in [5.74, 6) is 0.790. The van der Waals surface area contributed by atoms with E-state index in [-0.39, 0.29) is 17.9 Å². The smallest absolute Gasteiger partial charge is 0.279 e. The third kappa shape index (κ3) is 5.85. The maximum absolute atomic E-state index is 12.3. The maximum atomic E-state index is 12.3. The van der Waals surface area contributed by atoms with Crippen molar-refractivity contribution < 1.29 is 13.5 Å². The molecule has 21 heavy (non-hydrogen) atoms. The Balaban J connectivity index is 2.49. The summed E-state index contributed by atoms with van der Waals surface area (Å²) in [4.78, 5) is 0. The summed E-state index contributed by atoms with van der Waals surface area (Å²) < 4.78 is 28.9. The first-order valence-electron chi connectivity index (χ1n) is 8.06. The summed E-state index contributed by atoms with van der Waals surface area (Å²) >= 11 is 0. The van der Waals surface area contributed by atoms with Crippen LogP contribution in [-0.4, -0.2) is 44.1 Å². The third-order valence-electron chi connectivity index (χ3n) is 4.69. The average molecular weight is 320 g/mol. The van der Waals surface area contributed by atoms with E-state index in [1.807, 2.05) is 6.92 Å². The maximum Gasteiger partial charge on any atom is 0.279 e. The lowest BCUT2D eigenvalue weighted by Crippen LogP contribution is -2.47. The van der Waals surface area contributed by atoms with Gasteiger partial charge in [0.25, 0.3) is 10.2 Å². The van der Waals surface area contributed by atoms with Crippen LogP contribution in [0.5, 0.6) is 0 Å². The van der Waals surface area contributed by atoms with Gasteiger partial charge in [-0.15, -0.1) is 0 Å². The fourth-order valence-electron chi connectivity index (χ4n) is 2.91. The lowest BCUT2D eigenvalue weighted by Gasteiger charge is -2.38. The molecule has 0 unspecified atom stereocenters. The molecule has 1 aliphatic heterocycles. The van der Waals surface area contributed by atoms with Crippen LogP contribution >= 0.6 is 0 Å². The molecule has 0 bridgehead atoms. The minimum atomic E-state index is -3.37. The minimum absolute atomic E-state index is 0.108. The Hall–Kier alpha value is -0.170. The van der Waals surface area contributed by atoms with Crippen LogP contribution in [0.3, 0.4) is 0 Å². The van der Waals surface area contributed by atoms with Crippen LogP contribution in [0.15, 0.2) is 0 Å². The number of piperidine rings is 1. The van der Waals surface area contributed by atoms with Crippen molar-refractivity contribution in [2.75, 3.05) is 26.2 Å². The molecule has 1 atom stereocenters. The van der Waals surface area contributed by atoms with Crippen molar-refractivity contribution in [2.45, 2.75) is 53.4 Å². The number of hydrogen-bond acceptors (Lipinski definition) is 3. The number of hydrogen-bond donors (Lipinski definition) is 2. The highest BCUT2D eigenvalue weighted by Gasteiger charge is 2.33. The second-order valence-electron chi connectivity index (χ2n) is 7.18. The molecule has 1 rings (SSSR count). The van der Waals surface area contributed by atoms with Crippen molar-refractivity contribution >= 4 is 10.2 Å². The molecule has 0 aromatic heterocycles. The van der Waals surface area contributed by atoms with Gasteiger partial charge in [0.1, 0.15) is 0 Å². The molecule has 0 aromatic carbocycles. The lowest BCUT2D eigenvalue weighted by molar-refractivity contribution is 0.153. The second kappa shape index (κ2) is 7.90. The molecule has 1 fully saturated rings. The number of nitrogens with zero attached hydrogens (tertiary/aromatic N) is 1. The minimum Gasteiger partial charge on any atom is -0.396 e. The highest BCUT2D eigenvalue weighted by molar-refractivity contribution is 7.87. The van der Waals surface area contributed by atoms with Crippen LogP contribution in [0.2, 0.25) is 0 Å². The van der Waals surface area contributed by atoms with Gasteiger partial charge in [-0.05, 0) is 36.5 Å². The Kier molecular flexibility index (Phi) is 7.10. The fraction of sp³-hybridized carbons (Fsp3) is 1.00. The fourth-order valence-corrected chi connectivity index (χ4v) is 4.23. The summed E-state index contributed by atoms with van der Waals surface area (Å²) in [6, 6.07) is 0. The zero-order chi connectivity index (χ0) is 16.1. The van der Waals surface area contributed by atoms with Crippen molar-refractivity contribution in [3.63, 3.8) is 0 Å². The van der Waals surface area contributed by atoms with E-state index in [1.54, 1.807) is 4.31 Å². The molecular weight excluding hydrogens is 288 g/mol. The normalized spacial score (nSPS) is 20.6. The predicted molar refractivity (Wildman–Crippen MR) is 86.2 cm³/mol. The van der Waals surface area contributed by atoms with E-state index >= 15 is 0 Å². The summed E-state index contributed by atoms with van der Waals surface area (Å²) in [5, 5.41) is 8.96. The zero-order valence-corrected chi connectivity index (χ0v) is 14.7. The second-order valence-corrected chi connectivity index (χ2v) is 8.93. The summed E-state index contributed by atoms with van der Waals surface area (Å²) in [6.45, 7) is 10.4. The van der Waals surface area contributed by atoms with Gasteiger partial charge in [-0.3, -0.25) is 0 Å². The Morgan fingerprint density at radius 3 is 2.29 bits per heavy atom. The topological polar surface area (TPSA) is 69.6 Å². The Morgan fingerprint density at radius 1 is 1.29 bits per heavy atom. The number of nitrogens with one attached hydrogen (secondary N) is 1. The van der Waals surface area contributed by atoms with E-state index in [4.69, 9.17) is 5.11 Å². The Morgan fingerprint density at radius 2 is 1.86 bits per heavy atom. The van der Waals surface area contributed by atoms with Crippen molar-refractivity contribution in [3.05, 3.63) is 0 Å². The van der Waals surface area contributed by atoms with Gasteiger partial charge in [0.15, 0.2) is 0 Å². The zero-order valence-electron chi connectivity index (χ0n) is 13.9. The van der Waals surface area contributed by atoms with Crippen molar-refractivity contribution in [1.82, 2.24) is 9.03 Å². The Labute approximate surface area is 130 Å². The standard InChI is InChI=1S/C15H32N2O3S/c1-5-13(8-11-18)12-16-21(19,20)17-9-6-14(7-10-17)15(2,3)4/h13-14,16,18H,5-12H2,1-4H3/t13-/m1/s1. The van der Waals surface area contributed by atoms with Gasteiger partial charge >= 0.3 is 0 Å². The molecule has 6 heteroatoms. The van der Waals surface area contributed by atoms with Gasteiger partial charge in [0.05, 0.1) is 0 Å². The number of aliphatic hydroxyl groups is 1. The molecule has 2 N–H and O–H groups in total. The Bertz CT molecular complexity index is 396. The van der Waals surface area contributed by atoms with Gasteiger partial charge in [-0.2, -0.15) is 12.7 Å². The van der Waals surface area contributed by atoms with Crippen LogP contribution in [0.25, 0.3) is 0 Å². The summed E-state index contributed by atoms with van der Waals surface area (Å²) in [6.07, 6.45) is 3.37. The van der Waals surface area contributed by atoms with Crippen LogP contribution in [0.4, 0.5) is 0 Å². The third-order valence-corrected chi connectivity index (χ3v) is 6.26. The molecule has 126 valence electrons. The molecule has 0 spiro atoms. The quantitative estimate of drug-likeness (QED) is 0.753. The van der Waals surface area contributed by atoms with Crippen molar-refractivity contribution in [2.24, 2.45) is 17.3 Å². The molecular formula is C15H32N2O3S. The SMILES string of the molecule is CC[C@H](CCO)CNS(=O)(=O)N1CCC(C(C)(C)C)CC1. The van der Waals surface area contributed by atoms with Gasteiger partial charge < -0.3 is 5.11 Å². The molecule has 1 aliphatic rings. The van der Waals surface area contributed by atoms with E-state index in [9.17, 15) is 8.42 Å². The van der Waals surface area contributed by atoms with E-state index in [2.05, 4.69) is 25.5 Å². The first-order chi connectivity index (χ1) is 9.70. The van der Waals surface area contributed by atoms with Crippen molar-refractivity contribution in [3.8, 4) is 0 Å². The molecule has 0 aliphatic carbocycles. The van der Waals surface area contributed by atoms with Crippen LogP contribution in [-0.2, 0) is 10.2 Å². The number of aliphatic hydroxyl groups excluding tert-OH is 1. The largest absolute Gasteiger partial charge is 0.396 e. The van der Waals surface area contributed by atoms with E-state index in [1.165, 1.54) is 0 Å². The molecule has 0 aromatic rings. The van der Waals surface area contributed by atoms with Crippen LogP contribution in [0.1, 0.15) is 53.4 Å².